The number of aromatic nitrogens is 1. The fourth-order valence-corrected chi connectivity index (χ4v) is 1.97. The summed E-state index contributed by atoms with van der Waals surface area (Å²) in [5.41, 5.74) is 2.89. The highest BCUT2D eigenvalue weighted by Crippen LogP contribution is 2.11. The Hall–Kier alpha value is -2.36. The molecule has 0 bridgehead atoms. The number of amides is 1. The number of carbonyl (C=O) groups excluding carboxylic acids is 1. The zero-order chi connectivity index (χ0) is 14.4. The van der Waals surface area contributed by atoms with Crippen molar-refractivity contribution in [2.75, 3.05) is 17.2 Å². The second kappa shape index (κ2) is 6.70. The summed E-state index contributed by atoms with van der Waals surface area (Å²) in [5, 5.41) is 5.96. The highest BCUT2D eigenvalue weighted by atomic mass is 16.1. The Bertz CT molecular complexity index is 579. The standard InChI is InChI=1S/C16H19N3O/c1-3-17-15-8-7-14(11-18-15)19-16(20)10-13-6-4-5-12(2)9-13/h4-9,11H,3,10H2,1-2H3,(H,17,18)(H,19,20). The Morgan fingerprint density at radius 2 is 2.10 bits per heavy atom. The van der Waals surface area contributed by atoms with Gasteiger partial charge in [0.1, 0.15) is 5.82 Å². The van der Waals surface area contributed by atoms with Crippen molar-refractivity contribution in [2.45, 2.75) is 20.3 Å². The molecule has 2 rings (SSSR count). The average Bonchev–Trinajstić information content (AvgIpc) is 2.41. The lowest BCUT2D eigenvalue weighted by Crippen LogP contribution is -2.14. The van der Waals surface area contributed by atoms with E-state index in [1.807, 2.05) is 50.2 Å². The van der Waals surface area contributed by atoms with Crippen molar-refractivity contribution >= 4 is 17.4 Å². The van der Waals surface area contributed by atoms with E-state index in [2.05, 4.69) is 15.6 Å². The van der Waals surface area contributed by atoms with E-state index in [0.29, 0.717) is 12.1 Å². The highest BCUT2D eigenvalue weighted by molar-refractivity contribution is 5.92. The topological polar surface area (TPSA) is 54.0 Å². The number of anilines is 2. The lowest BCUT2D eigenvalue weighted by molar-refractivity contribution is -0.115. The van der Waals surface area contributed by atoms with E-state index >= 15 is 0 Å². The maximum atomic E-state index is 11.9. The largest absolute Gasteiger partial charge is 0.370 e. The highest BCUT2D eigenvalue weighted by Gasteiger charge is 2.04. The molecule has 0 radical (unpaired) electrons. The molecule has 0 atom stereocenters. The molecule has 0 aliphatic heterocycles. The van der Waals surface area contributed by atoms with Crippen LogP contribution in [0.3, 0.4) is 0 Å². The maximum absolute atomic E-state index is 11.9. The third kappa shape index (κ3) is 4.09. The van der Waals surface area contributed by atoms with Crippen molar-refractivity contribution < 1.29 is 4.79 Å². The van der Waals surface area contributed by atoms with Crippen molar-refractivity contribution in [1.82, 2.24) is 4.98 Å². The molecule has 2 N–H and O–H groups in total. The molecule has 4 heteroatoms. The van der Waals surface area contributed by atoms with E-state index in [4.69, 9.17) is 0 Å². The summed E-state index contributed by atoms with van der Waals surface area (Å²) in [5.74, 6) is 0.776. The minimum Gasteiger partial charge on any atom is -0.370 e. The van der Waals surface area contributed by atoms with Crippen LogP contribution in [0.2, 0.25) is 0 Å². The second-order valence-corrected chi connectivity index (χ2v) is 4.68. The summed E-state index contributed by atoms with van der Waals surface area (Å²) < 4.78 is 0. The maximum Gasteiger partial charge on any atom is 0.228 e. The zero-order valence-electron chi connectivity index (χ0n) is 11.8. The zero-order valence-corrected chi connectivity index (χ0v) is 11.8. The molecule has 1 aromatic heterocycles. The Morgan fingerprint density at radius 1 is 1.25 bits per heavy atom. The fourth-order valence-electron chi connectivity index (χ4n) is 1.97. The summed E-state index contributed by atoms with van der Waals surface area (Å²) in [4.78, 5) is 16.2. The molecule has 4 nitrogen and oxygen atoms in total. The van der Waals surface area contributed by atoms with Crippen LogP contribution in [0.4, 0.5) is 11.5 Å². The Labute approximate surface area is 119 Å². The van der Waals surface area contributed by atoms with Crippen LogP contribution in [0.1, 0.15) is 18.1 Å². The van der Waals surface area contributed by atoms with Gasteiger partial charge in [-0.05, 0) is 31.5 Å². The van der Waals surface area contributed by atoms with Gasteiger partial charge in [-0.25, -0.2) is 4.98 Å². The number of hydrogen-bond donors (Lipinski definition) is 2. The molecule has 1 aromatic carbocycles. The molecule has 0 aliphatic carbocycles. The van der Waals surface area contributed by atoms with Crippen LogP contribution in [-0.4, -0.2) is 17.4 Å². The van der Waals surface area contributed by atoms with Gasteiger partial charge in [-0.3, -0.25) is 4.79 Å². The molecule has 0 saturated carbocycles. The number of nitrogens with one attached hydrogen (secondary N) is 2. The molecule has 0 aliphatic rings. The van der Waals surface area contributed by atoms with Crippen LogP contribution in [-0.2, 0) is 11.2 Å². The van der Waals surface area contributed by atoms with Crippen LogP contribution in [0, 0.1) is 6.92 Å². The molecular formula is C16H19N3O. The van der Waals surface area contributed by atoms with Crippen molar-refractivity contribution in [3.05, 3.63) is 53.7 Å². The van der Waals surface area contributed by atoms with Gasteiger partial charge in [0.05, 0.1) is 18.3 Å². The first-order valence-corrected chi connectivity index (χ1v) is 6.72. The van der Waals surface area contributed by atoms with Crippen LogP contribution >= 0.6 is 0 Å². The van der Waals surface area contributed by atoms with E-state index in [9.17, 15) is 4.79 Å². The normalized spacial score (nSPS) is 10.1. The number of carbonyl (C=O) groups is 1. The first kappa shape index (κ1) is 14.1. The van der Waals surface area contributed by atoms with Crippen molar-refractivity contribution in [1.29, 1.82) is 0 Å². The predicted molar refractivity (Wildman–Crippen MR) is 81.9 cm³/mol. The van der Waals surface area contributed by atoms with E-state index in [-0.39, 0.29) is 5.91 Å². The molecule has 0 spiro atoms. The number of benzene rings is 1. The van der Waals surface area contributed by atoms with Gasteiger partial charge < -0.3 is 10.6 Å². The molecular weight excluding hydrogens is 250 g/mol. The summed E-state index contributed by atoms with van der Waals surface area (Å²) >= 11 is 0. The summed E-state index contributed by atoms with van der Waals surface area (Å²) in [7, 11) is 0. The minimum absolute atomic E-state index is 0.0337. The molecule has 1 heterocycles. The third-order valence-electron chi connectivity index (χ3n) is 2.85. The average molecular weight is 269 g/mol. The number of hydrogen-bond acceptors (Lipinski definition) is 3. The van der Waals surface area contributed by atoms with Gasteiger partial charge in [-0.15, -0.1) is 0 Å². The van der Waals surface area contributed by atoms with E-state index in [1.54, 1.807) is 6.20 Å². The molecule has 2 aromatic rings. The summed E-state index contributed by atoms with van der Waals surface area (Å²) in [6.07, 6.45) is 2.03. The van der Waals surface area contributed by atoms with Gasteiger partial charge >= 0.3 is 0 Å². The molecule has 20 heavy (non-hydrogen) atoms. The minimum atomic E-state index is -0.0337. The summed E-state index contributed by atoms with van der Waals surface area (Å²) in [6, 6.07) is 11.7. The quantitative estimate of drug-likeness (QED) is 0.877. The Balaban J connectivity index is 1.94. The summed E-state index contributed by atoms with van der Waals surface area (Å²) in [6.45, 7) is 4.86. The van der Waals surface area contributed by atoms with Gasteiger partial charge in [0, 0.05) is 6.54 Å². The van der Waals surface area contributed by atoms with Crippen molar-refractivity contribution in [3.8, 4) is 0 Å². The van der Waals surface area contributed by atoms with Crippen molar-refractivity contribution in [3.63, 3.8) is 0 Å². The fraction of sp³-hybridized carbons (Fsp3) is 0.250. The van der Waals surface area contributed by atoms with Crippen LogP contribution in [0.5, 0.6) is 0 Å². The first-order chi connectivity index (χ1) is 9.67. The van der Waals surface area contributed by atoms with Crippen LogP contribution in [0.15, 0.2) is 42.6 Å². The van der Waals surface area contributed by atoms with Gasteiger partial charge in [0.15, 0.2) is 0 Å². The van der Waals surface area contributed by atoms with E-state index in [0.717, 1.165) is 23.5 Å². The number of aryl methyl sites for hydroxylation is 1. The molecule has 0 fully saturated rings. The first-order valence-electron chi connectivity index (χ1n) is 6.72. The van der Waals surface area contributed by atoms with Crippen molar-refractivity contribution in [2.24, 2.45) is 0 Å². The molecule has 0 unspecified atom stereocenters. The third-order valence-corrected chi connectivity index (χ3v) is 2.85. The SMILES string of the molecule is CCNc1ccc(NC(=O)Cc2cccc(C)c2)cn1. The Kier molecular flexibility index (Phi) is 4.71. The molecule has 0 saturated heterocycles. The molecule has 104 valence electrons. The monoisotopic (exact) mass is 269 g/mol. The predicted octanol–water partition coefficient (Wildman–Crippen LogP) is 3.00. The Morgan fingerprint density at radius 3 is 2.75 bits per heavy atom. The number of pyridine rings is 1. The lowest BCUT2D eigenvalue weighted by Gasteiger charge is -2.07. The number of nitrogens with zero attached hydrogens (tertiary/aromatic N) is 1. The van der Waals surface area contributed by atoms with E-state index in [1.165, 1.54) is 0 Å². The number of rotatable bonds is 5. The van der Waals surface area contributed by atoms with Gasteiger partial charge in [-0.1, -0.05) is 29.8 Å². The lowest BCUT2D eigenvalue weighted by atomic mass is 10.1. The van der Waals surface area contributed by atoms with Crippen LogP contribution in [0.25, 0.3) is 0 Å². The second-order valence-electron chi connectivity index (χ2n) is 4.68. The van der Waals surface area contributed by atoms with Crippen LogP contribution < -0.4 is 10.6 Å². The van der Waals surface area contributed by atoms with Gasteiger partial charge in [-0.2, -0.15) is 0 Å². The van der Waals surface area contributed by atoms with E-state index < -0.39 is 0 Å². The van der Waals surface area contributed by atoms with Gasteiger partial charge in [0.25, 0.3) is 0 Å². The smallest absolute Gasteiger partial charge is 0.228 e. The molecule has 1 amide bonds. The van der Waals surface area contributed by atoms with Gasteiger partial charge in [0.2, 0.25) is 5.91 Å².